The molecule has 0 radical (unpaired) electrons. The van der Waals surface area contributed by atoms with E-state index in [0.29, 0.717) is 16.9 Å². The van der Waals surface area contributed by atoms with Crippen LogP contribution in [0.2, 0.25) is 0 Å². The average Bonchev–Trinajstić information content (AvgIpc) is 3.08. The summed E-state index contributed by atoms with van der Waals surface area (Å²) in [6, 6.07) is 12.4. The number of esters is 1. The van der Waals surface area contributed by atoms with Crippen LogP contribution >= 0.6 is 0 Å². The molecule has 0 bridgehead atoms. The van der Waals surface area contributed by atoms with Gasteiger partial charge in [-0.15, -0.1) is 0 Å². The minimum absolute atomic E-state index is 0.229. The fourth-order valence-electron chi connectivity index (χ4n) is 2.97. The van der Waals surface area contributed by atoms with E-state index in [0.717, 1.165) is 19.3 Å². The summed E-state index contributed by atoms with van der Waals surface area (Å²) in [5, 5.41) is 0. The summed E-state index contributed by atoms with van der Waals surface area (Å²) in [5.74, 6) is -0.0134. The molecule has 0 saturated heterocycles. The molecule has 4 nitrogen and oxygen atoms in total. The molecule has 124 valence electrons. The Morgan fingerprint density at radius 3 is 2.33 bits per heavy atom. The average molecular weight is 324 g/mol. The van der Waals surface area contributed by atoms with Gasteiger partial charge in [-0.1, -0.05) is 6.07 Å². The first-order valence-electron chi connectivity index (χ1n) is 8.09. The van der Waals surface area contributed by atoms with Gasteiger partial charge < -0.3 is 9.47 Å². The molecule has 0 amide bonds. The third-order valence-electron chi connectivity index (χ3n) is 4.36. The molecular formula is C20H20O4. The van der Waals surface area contributed by atoms with E-state index in [-0.39, 0.29) is 5.78 Å². The molecule has 2 aromatic rings. The quantitative estimate of drug-likeness (QED) is 0.623. The van der Waals surface area contributed by atoms with Gasteiger partial charge in [0.25, 0.3) is 0 Å². The molecule has 0 unspecified atom stereocenters. The summed E-state index contributed by atoms with van der Waals surface area (Å²) in [4.78, 5) is 24.7. The Labute approximate surface area is 141 Å². The van der Waals surface area contributed by atoms with Crippen LogP contribution < -0.4 is 4.74 Å². The van der Waals surface area contributed by atoms with Crippen LogP contribution in [0.15, 0.2) is 42.5 Å². The van der Waals surface area contributed by atoms with Crippen molar-refractivity contribution in [2.24, 2.45) is 0 Å². The maximum atomic E-state index is 12.4. The van der Waals surface area contributed by atoms with Crippen LogP contribution in [-0.2, 0) is 17.6 Å². The first-order valence-corrected chi connectivity index (χ1v) is 8.09. The van der Waals surface area contributed by atoms with Crippen LogP contribution in [0.25, 0.3) is 0 Å². The Morgan fingerprint density at radius 2 is 1.62 bits per heavy atom. The van der Waals surface area contributed by atoms with E-state index >= 15 is 0 Å². The molecule has 0 N–H and O–H groups in total. The lowest BCUT2D eigenvalue weighted by molar-refractivity contribution is 0.0318. The highest BCUT2D eigenvalue weighted by Crippen LogP contribution is 2.23. The second-order valence-corrected chi connectivity index (χ2v) is 5.98. The van der Waals surface area contributed by atoms with E-state index in [9.17, 15) is 9.59 Å². The van der Waals surface area contributed by atoms with Gasteiger partial charge in [0.2, 0.25) is 5.78 Å². The number of Topliss-reactive ketones (excluding diaryl/α,β-unsaturated/α-hetero) is 1. The summed E-state index contributed by atoms with van der Waals surface area (Å²) >= 11 is 0. The second-order valence-electron chi connectivity index (χ2n) is 5.98. The van der Waals surface area contributed by atoms with Crippen molar-refractivity contribution in [1.82, 2.24) is 0 Å². The largest absolute Gasteiger partial charge is 0.497 e. The molecule has 24 heavy (non-hydrogen) atoms. The van der Waals surface area contributed by atoms with Crippen molar-refractivity contribution in [3.8, 4) is 5.75 Å². The van der Waals surface area contributed by atoms with Crippen molar-refractivity contribution < 1.29 is 19.1 Å². The van der Waals surface area contributed by atoms with Gasteiger partial charge in [0.15, 0.2) is 6.10 Å². The van der Waals surface area contributed by atoms with Gasteiger partial charge in [0.1, 0.15) is 5.75 Å². The lowest BCUT2D eigenvalue weighted by Crippen LogP contribution is -2.24. The summed E-state index contributed by atoms with van der Waals surface area (Å²) in [5.41, 5.74) is 3.50. The predicted octanol–water partition coefficient (Wildman–Crippen LogP) is 3.61. The topological polar surface area (TPSA) is 52.6 Å². The zero-order valence-electron chi connectivity index (χ0n) is 13.9. The molecule has 1 aliphatic rings. The van der Waals surface area contributed by atoms with Crippen molar-refractivity contribution in [3.63, 3.8) is 0 Å². The fraction of sp³-hybridized carbons (Fsp3) is 0.300. The summed E-state index contributed by atoms with van der Waals surface area (Å²) in [6.07, 6.45) is 2.35. The lowest BCUT2D eigenvalue weighted by atomic mass is 10.1. The predicted molar refractivity (Wildman–Crippen MR) is 90.7 cm³/mol. The van der Waals surface area contributed by atoms with E-state index < -0.39 is 12.1 Å². The molecule has 4 heteroatoms. The third kappa shape index (κ3) is 3.32. The SMILES string of the molecule is COc1ccc(C(=O)[C@@H](C)OC(=O)c2ccc3c(c2)CCC3)cc1. The smallest absolute Gasteiger partial charge is 0.338 e. The van der Waals surface area contributed by atoms with Crippen molar-refractivity contribution >= 4 is 11.8 Å². The summed E-state index contributed by atoms with van der Waals surface area (Å²) < 4.78 is 10.4. The Bertz CT molecular complexity index is 762. The van der Waals surface area contributed by atoms with Crippen LogP contribution in [0.3, 0.4) is 0 Å². The van der Waals surface area contributed by atoms with Crippen molar-refractivity contribution in [2.45, 2.75) is 32.3 Å². The highest BCUT2D eigenvalue weighted by atomic mass is 16.5. The third-order valence-corrected chi connectivity index (χ3v) is 4.36. The fourth-order valence-corrected chi connectivity index (χ4v) is 2.97. The number of fused-ring (bicyclic) bond motifs is 1. The molecular weight excluding hydrogens is 304 g/mol. The number of hydrogen-bond acceptors (Lipinski definition) is 4. The van der Waals surface area contributed by atoms with Gasteiger partial charge in [0, 0.05) is 5.56 Å². The highest BCUT2D eigenvalue weighted by Gasteiger charge is 2.21. The van der Waals surface area contributed by atoms with Crippen molar-refractivity contribution in [2.75, 3.05) is 7.11 Å². The standard InChI is InChI=1S/C20H20O4/c1-13(19(21)15-8-10-18(23-2)11-9-15)24-20(22)17-7-6-14-4-3-5-16(14)12-17/h6-13H,3-5H2,1-2H3/t13-/m1/s1. The van der Waals surface area contributed by atoms with E-state index in [4.69, 9.17) is 9.47 Å². The summed E-state index contributed by atoms with van der Waals surface area (Å²) in [7, 11) is 1.57. The molecule has 0 spiro atoms. The number of methoxy groups -OCH3 is 1. The lowest BCUT2D eigenvalue weighted by Gasteiger charge is -2.13. The first-order chi connectivity index (χ1) is 11.6. The van der Waals surface area contributed by atoms with Crippen LogP contribution in [-0.4, -0.2) is 25.0 Å². The van der Waals surface area contributed by atoms with Crippen LogP contribution in [0.1, 0.15) is 45.2 Å². The molecule has 0 aliphatic heterocycles. The molecule has 0 aromatic heterocycles. The second kappa shape index (κ2) is 6.87. The van der Waals surface area contributed by atoms with Gasteiger partial charge >= 0.3 is 5.97 Å². The number of rotatable bonds is 5. The van der Waals surface area contributed by atoms with Crippen molar-refractivity contribution in [1.29, 1.82) is 0 Å². The van der Waals surface area contributed by atoms with Gasteiger partial charge in [-0.05, 0) is 73.7 Å². The Kier molecular flexibility index (Phi) is 4.65. The van der Waals surface area contributed by atoms with Crippen molar-refractivity contribution in [3.05, 3.63) is 64.7 Å². The molecule has 1 aliphatic carbocycles. The maximum absolute atomic E-state index is 12.4. The zero-order chi connectivity index (χ0) is 17.1. The maximum Gasteiger partial charge on any atom is 0.338 e. The van der Waals surface area contributed by atoms with Crippen LogP contribution in [0.5, 0.6) is 5.75 Å². The molecule has 3 rings (SSSR count). The minimum Gasteiger partial charge on any atom is -0.497 e. The van der Waals surface area contributed by atoms with E-state index in [1.807, 2.05) is 12.1 Å². The van der Waals surface area contributed by atoms with E-state index in [2.05, 4.69) is 0 Å². The normalized spacial score (nSPS) is 13.9. The number of ketones is 1. The highest BCUT2D eigenvalue weighted by molar-refractivity contribution is 6.01. The Morgan fingerprint density at radius 1 is 0.958 bits per heavy atom. The number of carbonyl (C=O) groups excluding carboxylic acids is 2. The number of hydrogen-bond donors (Lipinski definition) is 0. The van der Waals surface area contributed by atoms with E-state index in [1.165, 1.54) is 11.1 Å². The number of ether oxygens (including phenoxy) is 2. The first kappa shape index (κ1) is 16.2. The molecule has 2 aromatic carbocycles. The number of benzene rings is 2. The minimum atomic E-state index is -0.834. The van der Waals surface area contributed by atoms with Crippen LogP contribution in [0, 0.1) is 0 Å². The van der Waals surface area contributed by atoms with Gasteiger partial charge in [-0.25, -0.2) is 4.79 Å². The van der Waals surface area contributed by atoms with Gasteiger partial charge in [-0.3, -0.25) is 4.79 Å². The molecule has 0 fully saturated rings. The van der Waals surface area contributed by atoms with Gasteiger partial charge in [-0.2, -0.15) is 0 Å². The van der Waals surface area contributed by atoms with Crippen LogP contribution in [0.4, 0.5) is 0 Å². The monoisotopic (exact) mass is 324 g/mol. The van der Waals surface area contributed by atoms with E-state index in [1.54, 1.807) is 44.4 Å². The number of carbonyl (C=O) groups is 2. The zero-order valence-corrected chi connectivity index (χ0v) is 13.9. The Balaban J connectivity index is 1.67. The Hall–Kier alpha value is -2.62. The van der Waals surface area contributed by atoms with Gasteiger partial charge in [0.05, 0.1) is 12.7 Å². The molecule has 1 atom stereocenters. The molecule has 0 heterocycles. The summed E-state index contributed by atoms with van der Waals surface area (Å²) in [6.45, 7) is 1.60. The number of aryl methyl sites for hydroxylation is 2. The molecule has 0 saturated carbocycles.